The monoisotopic (exact) mass is 268 g/mol. The van der Waals surface area contributed by atoms with Crippen molar-refractivity contribution in [2.75, 3.05) is 0 Å². The van der Waals surface area contributed by atoms with E-state index in [0.717, 1.165) is 29.6 Å². The van der Waals surface area contributed by atoms with E-state index in [1.165, 1.54) is 0 Å². The number of aromatic amines is 1. The molecule has 20 heavy (non-hydrogen) atoms. The molecule has 5 heteroatoms. The number of nitrogens with one attached hydrogen (secondary N) is 1. The number of nitrogens with zero attached hydrogens (tertiary/aromatic N) is 3. The summed E-state index contributed by atoms with van der Waals surface area (Å²) in [6.45, 7) is 2.68. The maximum Gasteiger partial charge on any atom is 0.261 e. The van der Waals surface area contributed by atoms with Gasteiger partial charge in [0, 0.05) is 24.9 Å². The molecule has 3 rings (SSSR count). The third kappa shape index (κ3) is 2.34. The summed E-state index contributed by atoms with van der Waals surface area (Å²) in [6, 6.07) is 5.87. The fraction of sp³-hybridized carbons (Fsp3) is 0.267. The Morgan fingerprint density at radius 1 is 1.35 bits per heavy atom. The molecule has 0 atom stereocenters. The van der Waals surface area contributed by atoms with Crippen molar-refractivity contribution in [3.05, 3.63) is 58.7 Å². The Labute approximate surface area is 116 Å². The lowest BCUT2D eigenvalue weighted by atomic mass is 10.1. The predicted molar refractivity (Wildman–Crippen MR) is 77.7 cm³/mol. The number of aromatic nitrogens is 4. The molecule has 0 aliphatic heterocycles. The molecule has 0 spiro atoms. The zero-order valence-corrected chi connectivity index (χ0v) is 11.3. The Hall–Kier alpha value is -2.43. The van der Waals surface area contributed by atoms with Crippen LogP contribution < -0.4 is 5.56 Å². The highest BCUT2D eigenvalue weighted by Crippen LogP contribution is 2.10. The molecule has 2 heterocycles. The van der Waals surface area contributed by atoms with Crippen molar-refractivity contribution in [1.29, 1.82) is 0 Å². The molecule has 0 radical (unpaired) electrons. The molecule has 2 aromatic heterocycles. The van der Waals surface area contributed by atoms with Gasteiger partial charge in [0.2, 0.25) is 0 Å². The summed E-state index contributed by atoms with van der Waals surface area (Å²) >= 11 is 0. The highest BCUT2D eigenvalue weighted by Gasteiger charge is 2.05. The van der Waals surface area contributed by atoms with Crippen molar-refractivity contribution in [3.63, 3.8) is 0 Å². The predicted octanol–water partition coefficient (Wildman–Crippen LogP) is 1.92. The zero-order chi connectivity index (χ0) is 13.9. The molecule has 0 bridgehead atoms. The molecule has 102 valence electrons. The van der Waals surface area contributed by atoms with Gasteiger partial charge in [0.1, 0.15) is 0 Å². The minimum Gasteiger partial charge on any atom is -0.348 e. The van der Waals surface area contributed by atoms with E-state index in [-0.39, 0.29) is 5.56 Å². The van der Waals surface area contributed by atoms with Crippen molar-refractivity contribution in [2.45, 2.75) is 26.3 Å². The molecule has 0 unspecified atom stereocenters. The van der Waals surface area contributed by atoms with Gasteiger partial charge < -0.3 is 4.98 Å². The van der Waals surface area contributed by atoms with Gasteiger partial charge in [-0.05, 0) is 24.1 Å². The lowest BCUT2D eigenvalue weighted by molar-refractivity contribution is 0.655. The summed E-state index contributed by atoms with van der Waals surface area (Å²) in [6.07, 6.45) is 6.69. The first-order valence-electron chi connectivity index (χ1n) is 6.73. The van der Waals surface area contributed by atoms with Crippen LogP contribution in [-0.2, 0) is 19.4 Å². The number of H-pyrrole nitrogens is 1. The number of hydrogen-bond acceptors (Lipinski definition) is 3. The molecular weight excluding hydrogens is 252 g/mol. The van der Waals surface area contributed by atoms with Crippen LogP contribution in [0.1, 0.15) is 18.2 Å². The van der Waals surface area contributed by atoms with Crippen molar-refractivity contribution >= 4 is 10.9 Å². The summed E-state index contributed by atoms with van der Waals surface area (Å²) in [5, 5.41) is 0.691. The van der Waals surface area contributed by atoms with E-state index in [4.69, 9.17) is 0 Å². The van der Waals surface area contributed by atoms with Crippen LogP contribution in [0.15, 0.2) is 41.8 Å². The van der Waals surface area contributed by atoms with Crippen LogP contribution in [0.4, 0.5) is 0 Å². The van der Waals surface area contributed by atoms with E-state index >= 15 is 0 Å². The third-order valence-electron chi connectivity index (χ3n) is 3.47. The van der Waals surface area contributed by atoms with Crippen LogP contribution in [0.3, 0.4) is 0 Å². The van der Waals surface area contributed by atoms with Crippen LogP contribution in [-0.4, -0.2) is 19.5 Å². The van der Waals surface area contributed by atoms with Crippen molar-refractivity contribution < 1.29 is 0 Å². The second-order valence-corrected chi connectivity index (χ2v) is 4.78. The summed E-state index contributed by atoms with van der Waals surface area (Å²) in [7, 11) is 0. The lowest BCUT2D eigenvalue weighted by Gasteiger charge is -2.06. The third-order valence-corrected chi connectivity index (χ3v) is 3.47. The van der Waals surface area contributed by atoms with E-state index in [9.17, 15) is 4.79 Å². The first-order valence-corrected chi connectivity index (χ1v) is 6.73. The number of imidazole rings is 1. The highest BCUT2D eigenvalue weighted by atomic mass is 16.1. The van der Waals surface area contributed by atoms with Crippen molar-refractivity contribution in [1.82, 2.24) is 19.5 Å². The van der Waals surface area contributed by atoms with Crippen LogP contribution in [0.2, 0.25) is 0 Å². The molecule has 0 fully saturated rings. The number of aryl methyl sites for hydroxylation is 3. The van der Waals surface area contributed by atoms with Crippen molar-refractivity contribution in [2.24, 2.45) is 0 Å². The largest absolute Gasteiger partial charge is 0.348 e. The Morgan fingerprint density at radius 2 is 2.25 bits per heavy atom. The summed E-state index contributed by atoms with van der Waals surface area (Å²) in [4.78, 5) is 23.8. The Morgan fingerprint density at radius 3 is 3.00 bits per heavy atom. The average Bonchev–Trinajstić information content (AvgIpc) is 3.00. The van der Waals surface area contributed by atoms with Crippen LogP contribution >= 0.6 is 0 Å². The van der Waals surface area contributed by atoms with Gasteiger partial charge in [-0.25, -0.2) is 9.97 Å². The maximum absolute atomic E-state index is 12.5. The topological polar surface area (TPSA) is 63.6 Å². The van der Waals surface area contributed by atoms with Gasteiger partial charge in [-0.3, -0.25) is 9.36 Å². The number of fused-ring (bicyclic) bond motifs is 1. The van der Waals surface area contributed by atoms with Gasteiger partial charge in [0.25, 0.3) is 5.56 Å². The average molecular weight is 268 g/mol. The second-order valence-electron chi connectivity index (χ2n) is 4.78. The van der Waals surface area contributed by atoms with E-state index in [2.05, 4.69) is 21.9 Å². The number of rotatable bonds is 4. The van der Waals surface area contributed by atoms with Gasteiger partial charge in [-0.15, -0.1) is 0 Å². The molecule has 5 nitrogen and oxygen atoms in total. The fourth-order valence-electron chi connectivity index (χ4n) is 2.25. The van der Waals surface area contributed by atoms with Gasteiger partial charge in [0.15, 0.2) is 0 Å². The smallest absolute Gasteiger partial charge is 0.261 e. The van der Waals surface area contributed by atoms with E-state index in [1.807, 2.05) is 18.2 Å². The Balaban J connectivity index is 1.95. The first kappa shape index (κ1) is 12.6. The molecule has 1 N–H and O–H groups in total. The van der Waals surface area contributed by atoms with Crippen LogP contribution in [0, 0.1) is 0 Å². The second kappa shape index (κ2) is 5.28. The maximum atomic E-state index is 12.5. The molecule has 0 saturated heterocycles. The van der Waals surface area contributed by atoms with E-state index in [1.54, 1.807) is 23.4 Å². The highest BCUT2D eigenvalue weighted by molar-refractivity contribution is 5.78. The molecule has 0 aliphatic rings. The Kier molecular flexibility index (Phi) is 3.33. The molecular formula is C15H16N4O. The molecule has 0 saturated carbocycles. The first-order chi connectivity index (χ1) is 9.78. The van der Waals surface area contributed by atoms with Crippen LogP contribution in [0.25, 0.3) is 10.9 Å². The minimum atomic E-state index is 0.0183. The van der Waals surface area contributed by atoms with Gasteiger partial charge in [0.05, 0.1) is 23.6 Å². The number of benzene rings is 1. The van der Waals surface area contributed by atoms with Gasteiger partial charge in [-0.2, -0.15) is 0 Å². The summed E-state index contributed by atoms with van der Waals surface area (Å²) < 4.78 is 1.66. The SMILES string of the molecule is CCc1ccc2ncn(CCc3cnc[nH]3)c(=O)c2c1. The van der Waals surface area contributed by atoms with Crippen molar-refractivity contribution in [3.8, 4) is 0 Å². The summed E-state index contributed by atoms with van der Waals surface area (Å²) in [5.74, 6) is 0. The molecule has 1 aromatic carbocycles. The number of hydrogen-bond donors (Lipinski definition) is 1. The van der Waals surface area contributed by atoms with E-state index < -0.39 is 0 Å². The van der Waals surface area contributed by atoms with Gasteiger partial charge in [-0.1, -0.05) is 13.0 Å². The lowest BCUT2D eigenvalue weighted by Crippen LogP contribution is -2.21. The summed E-state index contributed by atoms with van der Waals surface area (Å²) in [5.41, 5.74) is 2.94. The quantitative estimate of drug-likeness (QED) is 0.786. The molecule has 0 aliphatic carbocycles. The van der Waals surface area contributed by atoms with E-state index in [0.29, 0.717) is 11.9 Å². The normalized spacial score (nSPS) is 11.1. The zero-order valence-electron chi connectivity index (χ0n) is 11.3. The molecule has 3 aromatic rings. The van der Waals surface area contributed by atoms with Crippen LogP contribution in [0.5, 0.6) is 0 Å². The van der Waals surface area contributed by atoms with Gasteiger partial charge >= 0.3 is 0 Å². The molecule has 0 amide bonds. The standard InChI is InChI=1S/C15H16N4O/c1-2-11-3-4-14-13(7-11)15(20)19(10-18-14)6-5-12-8-16-9-17-12/h3-4,7-10H,2,5-6H2,1H3,(H,16,17). The Bertz CT molecular complexity index is 774. The minimum absolute atomic E-state index is 0.0183. The fourth-order valence-corrected chi connectivity index (χ4v) is 2.25.